The van der Waals surface area contributed by atoms with Crippen molar-refractivity contribution in [2.45, 2.75) is 6.04 Å². The van der Waals surface area contributed by atoms with Gasteiger partial charge in [0, 0.05) is 23.0 Å². The number of carbonyl (C=O) groups excluding carboxylic acids is 3. The summed E-state index contributed by atoms with van der Waals surface area (Å²) >= 11 is 5.94. The predicted molar refractivity (Wildman–Crippen MR) is 142 cm³/mol. The van der Waals surface area contributed by atoms with E-state index in [1.807, 2.05) is 0 Å². The maximum Gasteiger partial charge on any atom is 0.411 e. The third-order valence-electron chi connectivity index (χ3n) is 5.37. The van der Waals surface area contributed by atoms with Gasteiger partial charge in [-0.3, -0.25) is 14.9 Å². The molecule has 0 fully saturated rings. The number of hydrogen-bond acceptors (Lipinski definition) is 7. The lowest BCUT2D eigenvalue weighted by atomic mass is 10.1. The van der Waals surface area contributed by atoms with E-state index in [-0.39, 0.29) is 16.3 Å². The first kappa shape index (κ1) is 26.9. The van der Waals surface area contributed by atoms with Gasteiger partial charge in [-0.05, 0) is 58.5 Å². The van der Waals surface area contributed by atoms with E-state index in [4.69, 9.17) is 11.6 Å². The van der Waals surface area contributed by atoms with Gasteiger partial charge in [0.25, 0.3) is 5.91 Å². The molecule has 39 heavy (non-hydrogen) atoms. The fourth-order valence-electron chi connectivity index (χ4n) is 3.50. The normalized spacial score (nSPS) is 11.6. The largest absolute Gasteiger partial charge is 0.453 e. The van der Waals surface area contributed by atoms with Gasteiger partial charge in [-0.25, -0.2) is 9.18 Å². The summed E-state index contributed by atoms with van der Waals surface area (Å²) in [5.41, 5.74) is 1.64. The summed E-state index contributed by atoms with van der Waals surface area (Å²) in [5.74, 6) is -1.96. The van der Waals surface area contributed by atoms with Gasteiger partial charge in [-0.2, -0.15) is 4.68 Å². The molecule has 0 radical (unpaired) electrons. The van der Waals surface area contributed by atoms with Crippen molar-refractivity contribution in [2.24, 2.45) is 0 Å². The van der Waals surface area contributed by atoms with Gasteiger partial charge in [-0.1, -0.05) is 41.9 Å². The maximum absolute atomic E-state index is 14.8. The highest BCUT2D eigenvalue weighted by Crippen LogP contribution is 2.25. The molecule has 4 rings (SSSR count). The first-order valence-corrected chi connectivity index (χ1v) is 11.7. The molecule has 0 aliphatic heterocycles. The minimum absolute atomic E-state index is 0.0219. The lowest BCUT2D eigenvalue weighted by molar-refractivity contribution is -0.123. The van der Waals surface area contributed by atoms with Crippen LogP contribution < -0.4 is 16.0 Å². The Morgan fingerprint density at radius 2 is 1.69 bits per heavy atom. The van der Waals surface area contributed by atoms with Gasteiger partial charge in [0.05, 0.1) is 17.8 Å². The number of hydrogen-bond donors (Lipinski definition) is 3. The minimum Gasteiger partial charge on any atom is -0.453 e. The molecule has 3 amide bonds. The van der Waals surface area contributed by atoms with Crippen molar-refractivity contribution in [2.75, 3.05) is 17.7 Å². The van der Waals surface area contributed by atoms with Crippen molar-refractivity contribution in [1.29, 1.82) is 0 Å². The van der Waals surface area contributed by atoms with E-state index in [2.05, 4.69) is 36.2 Å². The fraction of sp³-hybridized carbons (Fsp3) is 0.0769. The maximum atomic E-state index is 14.8. The molecule has 3 aromatic carbocycles. The van der Waals surface area contributed by atoms with Crippen LogP contribution in [0.5, 0.6) is 0 Å². The molecular weight excluding hydrogens is 529 g/mol. The van der Waals surface area contributed by atoms with E-state index in [0.717, 1.165) is 6.08 Å². The summed E-state index contributed by atoms with van der Waals surface area (Å²) in [7, 11) is 1.25. The number of amides is 3. The number of carbonyl (C=O) groups is 3. The molecule has 0 unspecified atom stereocenters. The number of ether oxygens (including phenoxy) is 1. The molecule has 0 aliphatic rings. The number of aromatic nitrogens is 4. The zero-order valence-electron chi connectivity index (χ0n) is 20.3. The third kappa shape index (κ3) is 6.81. The molecule has 3 N–H and O–H groups in total. The van der Waals surface area contributed by atoms with E-state index in [1.165, 1.54) is 36.3 Å². The second-order valence-corrected chi connectivity index (χ2v) is 8.32. The molecule has 1 atom stereocenters. The molecule has 0 saturated carbocycles. The number of anilines is 2. The van der Waals surface area contributed by atoms with Gasteiger partial charge in [0.2, 0.25) is 5.91 Å². The number of tetrazole rings is 1. The van der Waals surface area contributed by atoms with Crippen LogP contribution in [0.25, 0.3) is 11.8 Å². The highest BCUT2D eigenvalue weighted by Gasteiger charge is 2.22. The standard InChI is InChI=1S/C26H21ClFN7O4/c1-39-26(38)31-18-9-7-17(8-10-18)30-25(37)24(16-5-3-2-4-6-16)32-22(36)14-11-19-21(35-15-29-33-34-35)13-12-20(27)23(19)28/h2-15,24H,1H3,(H,30,37)(H,31,38)(H,32,36)/b14-11+/t24-/m0/s1. The van der Waals surface area contributed by atoms with Crippen molar-refractivity contribution < 1.29 is 23.5 Å². The predicted octanol–water partition coefficient (Wildman–Crippen LogP) is 4.14. The zero-order chi connectivity index (χ0) is 27.8. The van der Waals surface area contributed by atoms with Gasteiger partial charge in [-0.15, -0.1) is 5.10 Å². The van der Waals surface area contributed by atoms with Gasteiger partial charge < -0.3 is 15.4 Å². The Morgan fingerprint density at radius 3 is 2.33 bits per heavy atom. The van der Waals surface area contributed by atoms with E-state index in [1.54, 1.807) is 54.6 Å². The zero-order valence-corrected chi connectivity index (χ0v) is 21.1. The third-order valence-corrected chi connectivity index (χ3v) is 5.66. The summed E-state index contributed by atoms with van der Waals surface area (Å²) in [6.45, 7) is 0. The Hall–Kier alpha value is -5.10. The summed E-state index contributed by atoms with van der Waals surface area (Å²) < 4.78 is 20.6. The van der Waals surface area contributed by atoms with Gasteiger partial charge >= 0.3 is 6.09 Å². The van der Waals surface area contributed by atoms with Crippen LogP contribution in [0.2, 0.25) is 5.02 Å². The average Bonchev–Trinajstić information content (AvgIpc) is 3.48. The monoisotopic (exact) mass is 549 g/mol. The Labute approximate surface area is 226 Å². The molecule has 13 heteroatoms. The molecule has 1 heterocycles. The second-order valence-electron chi connectivity index (χ2n) is 7.92. The van der Waals surface area contributed by atoms with Crippen LogP contribution in [0.4, 0.5) is 20.6 Å². The fourth-order valence-corrected chi connectivity index (χ4v) is 3.67. The number of benzene rings is 3. The summed E-state index contributed by atoms with van der Waals surface area (Å²) in [6, 6.07) is 16.7. The number of nitrogens with one attached hydrogen (secondary N) is 3. The highest BCUT2D eigenvalue weighted by atomic mass is 35.5. The molecule has 0 aliphatic carbocycles. The molecule has 1 aromatic heterocycles. The van der Waals surface area contributed by atoms with Crippen molar-refractivity contribution in [3.63, 3.8) is 0 Å². The van der Waals surface area contributed by atoms with Crippen LogP contribution >= 0.6 is 11.6 Å². The second kappa shape index (κ2) is 12.4. The first-order valence-electron chi connectivity index (χ1n) is 11.4. The first-order chi connectivity index (χ1) is 18.9. The highest BCUT2D eigenvalue weighted by molar-refractivity contribution is 6.31. The van der Waals surface area contributed by atoms with Crippen LogP contribution in [0.3, 0.4) is 0 Å². The Bertz CT molecular complexity index is 1500. The SMILES string of the molecule is COC(=O)Nc1ccc(NC(=O)[C@@H](NC(=O)/C=C/c2c(-n3cnnn3)ccc(Cl)c2F)c2ccccc2)cc1. The molecule has 198 valence electrons. The molecule has 0 spiro atoms. The molecule has 0 bridgehead atoms. The van der Waals surface area contributed by atoms with E-state index in [0.29, 0.717) is 16.9 Å². The number of rotatable bonds is 8. The topological polar surface area (TPSA) is 140 Å². The van der Waals surface area contributed by atoms with Gasteiger partial charge in [0.15, 0.2) is 5.82 Å². The summed E-state index contributed by atoms with van der Waals surface area (Å²) in [4.78, 5) is 37.5. The lowest BCUT2D eigenvalue weighted by Gasteiger charge is -2.18. The van der Waals surface area contributed by atoms with Gasteiger partial charge in [0.1, 0.15) is 12.4 Å². The minimum atomic E-state index is -1.08. The van der Waals surface area contributed by atoms with Crippen LogP contribution in [-0.4, -0.2) is 45.2 Å². The Kier molecular flexibility index (Phi) is 8.59. The number of halogens is 2. The van der Waals surface area contributed by atoms with Crippen molar-refractivity contribution in [3.05, 3.63) is 101 Å². The van der Waals surface area contributed by atoms with E-state index < -0.39 is 29.8 Å². The Morgan fingerprint density at radius 1 is 1.00 bits per heavy atom. The van der Waals surface area contributed by atoms with Crippen LogP contribution in [0.15, 0.2) is 79.1 Å². The average molecular weight is 550 g/mol. The summed E-state index contributed by atoms with van der Waals surface area (Å²) in [5, 5.41) is 18.6. The molecule has 0 saturated heterocycles. The van der Waals surface area contributed by atoms with Crippen molar-refractivity contribution in [3.8, 4) is 5.69 Å². The molecule has 4 aromatic rings. The van der Waals surface area contributed by atoms with E-state index >= 15 is 0 Å². The number of nitrogens with zero attached hydrogens (tertiary/aromatic N) is 4. The van der Waals surface area contributed by atoms with Crippen LogP contribution in [0, 0.1) is 5.82 Å². The Balaban J connectivity index is 1.53. The van der Waals surface area contributed by atoms with Crippen molar-refractivity contribution >= 4 is 47.0 Å². The van der Waals surface area contributed by atoms with Crippen LogP contribution in [-0.2, 0) is 14.3 Å². The quantitative estimate of drug-likeness (QED) is 0.280. The van der Waals surface area contributed by atoms with E-state index in [9.17, 15) is 18.8 Å². The smallest absolute Gasteiger partial charge is 0.411 e. The molecule has 11 nitrogen and oxygen atoms in total. The van der Waals surface area contributed by atoms with Crippen molar-refractivity contribution in [1.82, 2.24) is 25.5 Å². The van der Waals surface area contributed by atoms with Crippen LogP contribution in [0.1, 0.15) is 17.2 Å². The summed E-state index contributed by atoms with van der Waals surface area (Å²) in [6.07, 6.45) is 2.95. The molecular formula is C26H21ClFN7O4. The lowest BCUT2D eigenvalue weighted by Crippen LogP contribution is -2.36. The number of methoxy groups -OCH3 is 1.